The fraction of sp³-hybridized carbons (Fsp3) is 0.909. The van der Waals surface area contributed by atoms with Gasteiger partial charge in [0.2, 0.25) is 5.91 Å². The van der Waals surface area contributed by atoms with Gasteiger partial charge in [0, 0.05) is 11.5 Å². The molecule has 0 bridgehead atoms. The smallest absolute Gasteiger partial charge is 0.223 e. The van der Waals surface area contributed by atoms with Crippen LogP contribution in [0.5, 0.6) is 0 Å². The second kappa shape index (κ2) is 4.30. The number of rotatable bonds is 3. The molecule has 3 heteroatoms. The summed E-state index contributed by atoms with van der Waals surface area (Å²) in [5.41, 5.74) is 10.9. The van der Waals surface area contributed by atoms with Gasteiger partial charge in [-0.25, -0.2) is 0 Å². The molecule has 1 fully saturated rings. The van der Waals surface area contributed by atoms with E-state index < -0.39 is 0 Å². The maximum Gasteiger partial charge on any atom is 0.223 e. The van der Waals surface area contributed by atoms with Crippen molar-refractivity contribution in [1.29, 1.82) is 0 Å². The van der Waals surface area contributed by atoms with Crippen LogP contribution in [0.4, 0.5) is 0 Å². The Morgan fingerprint density at radius 1 is 1.43 bits per heavy atom. The molecule has 0 aromatic rings. The number of primary amides is 1. The quantitative estimate of drug-likeness (QED) is 0.719. The van der Waals surface area contributed by atoms with Crippen molar-refractivity contribution in [3.63, 3.8) is 0 Å². The molecule has 0 heterocycles. The van der Waals surface area contributed by atoms with Crippen molar-refractivity contribution in [2.45, 2.75) is 52.0 Å². The predicted octanol–water partition coefficient (Wildman–Crippen LogP) is 1.41. The van der Waals surface area contributed by atoms with Crippen molar-refractivity contribution in [3.8, 4) is 0 Å². The van der Waals surface area contributed by atoms with E-state index in [1.165, 1.54) is 12.8 Å². The molecule has 1 amide bonds. The summed E-state index contributed by atoms with van der Waals surface area (Å²) in [5.74, 6) is 0.387. The van der Waals surface area contributed by atoms with Crippen molar-refractivity contribution in [1.82, 2.24) is 0 Å². The first kappa shape index (κ1) is 11.5. The van der Waals surface area contributed by atoms with Crippen LogP contribution < -0.4 is 11.5 Å². The largest absolute Gasteiger partial charge is 0.369 e. The van der Waals surface area contributed by atoms with Crippen molar-refractivity contribution >= 4 is 5.91 Å². The molecule has 82 valence electrons. The van der Waals surface area contributed by atoms with Gasteiger partial charge in [-0.1, -0.05) is 26.7 Å². The summed E-state index contributed by atoms with van der Waals surface area (Å²) < 4.78 is 0. The van der Waals surface area contributed by atoms with E-state index in [9.17, 15) is 4.79 Å². The Morgan fingerprint density at radius 3 is 2.57 bits per heavy atom. The summed E-state index contributed by atoms with van der Waals surface area (Å²) >= 11 is 0. The molecular weight excluding hydrogens is 176 g/mol. The van der Waals surface area contributed by atoms with E-state index in [1.807, 2.05) is 13.8 Å². The highest BCUT2D eigenvalue weighted by atomic mass is 16.1. The van der Waals surface area contributed by atoms with Crippen molar-refractivity contribution < 1.29 is 4.79 Å². The molecule has 1 rings (SSSR count). The van der Waals surface area contributed by atoms with E-state index >= 15 is 0 Å². The number of amides is 1. The van der Waals surface area contributed by atoms with E-state index in [1.54, 1.807) is 0 Å². The van der Waals surface area contributed by atoms with Crippen LogP contribution in [0.15, 0.2) is 0 Å². The summed E-state index contributed by atoms with van der Waals surface area (Å²) in [6.45, 7) is 3.85. The van der Waals surface area contributed by atoms with Crippen molar-refractivity contribution in [3.05, 3.63) is 0 Å². The summed E-state index contributed by atoms with van der Waals surface area (Å²) in [5, 5.41) is 0. The molecule has 3 nitrogen and oxygen atoms in total. The predicted molar refractivity (Wildman–Crippen MR) is 57.5 cm³/mol. The molecule has 2 unspecified atom stereocenters. The van der Waals surface area contributed by atoms with Crippen molar-refractivity contribution in [2.75, 3.05) is 0 Å². The van der Waals surface area contributed by atoms with Gasteiger partial charge < -0.3 is 11.5 Å². The average molecular weight is 198 g/mol. The van der Waals surface area contributed by atoms with Gasteiger partial charge in [-0.15, -0.1) is 0 Å². The van der Waals surface area contributed by atoms with E-state index in [4.69, 9.17) is 11.5 Å². The first-order valence-electron chi connectivity index (χ1n) is 5.47. The third-order valence-electron chi connectivity index (χ3n) is 3.29. The van der Waals surface area contributed by atoms with Crippen LogP contribution in [0.3, 0.4) is 0 Å². The SMILES string of the molecule is CC(C)(CC1CCCC(N)C1)C(N)=O. The molecule has 0 aliphatic heterocycles. The molecular formula is C11H22N2O. The van der Waals surface area contributed by atoms with E-state index in [-0.39, 0.29) is 11.3 Å². The van der Waals surface area contributed by atoms with Gasteiger partial charge in [0.25, 0.3) is 0 Å². The second-order valence-electron chi connectivity index (χ2n) is 5.24. The molecule has 0 saturated heterocycles. The van der Waals surface area contributed by atoms with E-state index in [0.717, 1.165) is 19.3 Å². The minimum atomic E-state index is -0.373. The van der Waals surface area contributed by atoms with E-state index in [0.29, 0.717) is 12.0 Å². The molecule has 1 aliphatic carbocycles. The molecule has 2 atom stereocenters. The van der Waals surface area contributed by atoms with Crippen LogP contribution >= 0.6 is 0 Å². The molecule has 0 aromatic carbocycles. The van der Waals surface area contributed by atoms with Crippen molar-refractivity contribution in [2.24, 2.45) is 22.8 Å². The summed E-state index contributed by atoms with van der Waals surface area (Å²) in [6.07, 6.45) is 5.46. The van der Waals surface area contributed by atoms with Gasteiger partial charge in [0.1, 0.15) is 0 Å². The zero-order valence-electron chi connectivity index (χ0n) is 9.25. The third kappa shape index (κ3) is 2.98. The number of hydrogen-bond donors (Lipinski definition) is 2. The topological polar surface area (TPSA) is 69.1 Å². The average Bonchev–Trinajstić information content (AvgIpc) is 2.02. The number of carbonyl (C=O) groups excluding carboxylic acids is 1. The Morgan fingerprint density at radius 2 is 2.07 bits per heavy atom. The zero-order chi connectivity index (χ0) is 10.8. The summed E-state index contributed by atoms with van der Waals surface area (Å²) in [4.78, 5) is 11.2. The van der Waals surface area contributed by atoms with Gasteiger partial charge in [-0.05, 0) is 25.2 Å². The first-order valence-corrected chi connectivity index (χ1v) is 5.47. The highest BCUT2D eigenvalue weighted by Crippen LogP contribution is 2.33. The Kier molecular flexibility index (Phi) is 3.53. The minimum Gasteiger partial charge on any atom is -0.369 e. The van der Waals surface area contributed by atoms with Crippen LogP contribution in [-0.2, 0) is 4.79 Å². The Labute approximate surface area is 86.2 Å². The molecule has 1 aliphatic rings. The second-order valence-corrected chi connectivity index (χ2v) is 5.24. The molecule has 0 radical (unpaired) electrons. The third-order valence-corrected chi connectivity index (χ3v) is 3.29. The first-order chi connectivity index (χ1) is 6.42. The lowest BCUT2D eigenvalue weighted by molar-refractivity contribution is -0.127. The molecule has 0 aromatic heterocycles. The summed E-state index contributed by atoms with van der Waals surface area (Å²) in [6, 6.07) is 0.331. The van der Waals surface area contributed by atoms with E-state index in [2.05, 4.69) is 0 Å². The molecule has 14 heavy (non-hydrogen) atoms. The van der Waals surface area contributed by atoms with Gasteiger partial charge in [-0.2, -0.15) is 0 Å². The highest BCUT2D eigenvalue weighted by Gasteiger charge is 2.30. The van der Waals surface area contributed by atoms with Crippen LogP contribution in [0.1, 0.15) is 46.0 Å². The van der Waals surface area contributed by atoms with Crippen LogP contribution in [0, 0.1) is 11.3 Å². The van der Waals surface area contributed by atoms with Crippen LogP contribution in [0.25, 0.3) is 0 Å². The number of carbonyl (C=O) groups is 1. The highest BCUT2D eigenvalue weighted by molar-refractivity contribution is 5.79. The van der Waals surface area contributed by atoms with Crippen LogP contribution in [0.2, 0.25) is 0 Å². The van der Waals surface area contributed by atoms with Crippen LogP contribution in [-0.4, -0.2) is 11.9 Å². The lowest BCUT2D eigenvalue weighted by atomic mass is 9.75. The lowest BCUT2D eigenvalue weighted by Gasteiger charge is -2.32. The maximum atomic E-state index is 11.2. The number of hydrogen-bond acceptors (Lipinski definition) is 2. The molecule has 0 spiro atoms. The van der Waals surface area contributed by atoms with Gasteiger partial charge in [0.05, 0.1) is 0 Å². The molecule has 1 saturated carbocycles. The minimum absolute atomic E-state index is 0.198. The zero-order valence-corrected chi connectivity index (χ0v) is 9.25. The summed E-state index contributed by atoms with van der Waals surface area (Å²) in [7, 11) is 0. The fourth-order valence-corrected chi connectivity index (χ4v) is 2.34. The molecule has 4 N–H and O–H groups in total. The van der Waals surface area contributed by atoms with Gasteiger partial charge in [-0.3, -0.25) is 4.79 Å². The standard InChI is InChI=1S/C11H22N2O/c1-11(2,10(13)14)7-8-4-3-5-9(12)6-8/h8-9H,3-7,12H2,1-2H3,(H2,13,14). The Bertz CT molecular complexity index is 213. The monoisotopic (exact) mass is 198 g/mol. The number of nitrogens with two attached hydrogens (primary N) is 2. The fourth-order valence-electron chi connectivity index (χ4n) is 2.34. The normalized spacial score (nSPS) is 28.8. The van der Waals surface area contributed by atoms with Gasteiger partial charge in [0.15, 0.2) is 0 Å². The lowest BCUT2D eigenvalue weighted by Crippen LogP contribution is -2.36. The Balaban J connectivity index is 2.47. The van der Waals surface area contributed by atoms with Gasteiger partial charge >= 0.3 is 0 Å². The maximum absolute atomic E-state index is 11.2. The Hall–Kier alpha value is -0.570.